The summed E-state index contributed by atoms with van der Waals surface area (Å²) in [6.45, 7) is 1.89. The van der Waals surface area contributed by atoms with Crippen LogP contribution in [0.15, 0.2) is 12.3 Å². The highest BCUT2D eigenvalue weighted by Crippen LogP contribution is 2.03. The predicted molar refractivity (Wildman–Crippen MR) is 34.9 cm³/mol. The fourth-order valence-corrected chi connectivity index (χ4v) is 0.808. The van der Waals surface area contributed by atoms with E-state index in [2.05, 4.69) is 0 Å². The summed E-state index contributed by atoms with van der Waals surface area (Å²) in [5.41, 5.74) is 1.61. The monoisotopic (exact) mass is 122 g/mol. The van der Waals surface area contributed by atoms with Crippen molar-refractivity contribution in [3.63, 3.8) is 0 Å². The number of aromatic nitrogens is 1. The molecule has 47 valence electrons. The summed E-state index contributed by atoms with van der Waals surface area (Å²) >= 11 is 0. The molecule has 2 nitrogen and oxygen atoms in total. The summed E-state index contributed by atoms with van der Waals surface area (Å²) in [5.74, 6) is 0. The van der Waals surface area contributed by atoms with Crippen molar-refractivity contribution in [1.82, 2.24) is 4.57 Å². The molecule has 1 heterocycles. The Morgan fingerprint density at radius 2 is 2.33 bits per heavy atom. The second-order valence-corrected chi connectivity index (χ2v) is 2.06. The lowest BCUT2D eigenvalue weighted by atomic mass is 10.3. The van der Waals surface area contributed by atoms with Crippen LogP contribution in [-0.2, 0) is 11.8 Å². The van der Waals surface area contributed by atoms with Crippen molar-refractivity contribution in [3.05, 3.63) is 23.5 Å². The van der Waals surface area contributed by atoms with E-state index in [4.69, 9.17) is 0 Å². The van der Waals surface area contributed by atoms with Crippen LogP contribution in [0.2, 0.25) is 0 Å². The molecule has 0 N–H and O–H groups in total. The normalized spacial score (nSPS) is 9.56. The minimum absolute atomic E-state index is 0.634. The van der Waals surface area contributed by atoms with Gasteiger partial charge in [-0.25, -0.2) is 0 Å². The van der Waals surface area contributed by atoms with E-state index in [9.17, 15) is 4.79 Å². The zero-order valence-corrected chi connectivity index (χ0v) is 5.51. The van der Waals surface area contributed by atoms with Crippen LogP contribution < -0.4 is 0 Å². The largest absolute Gasteiger partial charge is 0.348 e. The molecule has 0 saturated carbocycles. The summed E-state index contributed by atoms with van der Waals surface area (Å²) in [5, 5.41) is 0. The Morgan fingerprint density at radius 3 is 2.56 bits per heavy atom. The first-order chi connectivity index (χ1) is 4.25. The molecule has 0 aliphatic heterocycles. The van der Waals surface area contributed by atoms with Crippen LogP contribution in [0.5, 0.6) is 0 Å². The lowest BCUT2D eigenvalue weighted by molar-refractivity contribution is 0.559. The third kappa shape index (κ3) is 0.875. The van der Waals surface area contributed by atoms with Crippen molar-refractivity contribution in [2.45, 2.75) is 6.92 Å². The Kier molecular flexibility index (Phi) is 1.39. The van der Waals surface area contributed by atoms with Crippen LogP contribution in [0.3, 0.4) is 0 Å². The number of hydrogen-bond donors (Lipinski definition) is 0. The fourth-order valence-electron chi connectivity index (χ4n) is 0.808. The number of nitrogens with zero attached hydrogens (tertiary/aromatic N) is 1. The molecule has 0 saturated heterocycles. The fraction of sp³-hybridized carbons (Fsp3) is 0.286. The average Bonchev–Trinajstić information content (AvgIpc) is 2.12. The Morgan fingerprint density at radius 1 is 1.67 bits per heavy atom. The minimum Gasteiger partial charge on any atom is -0.348 e. The van der Waals surface area contributed by atoms with Gasteiger partial charge in [0.25, 0.3) is 6.29 Å². The van der Waals surface area contributed by atoms with Crippen molar-refractivity contribution < 1.29 is 4.79 Å². The highest BCUT2D eigenvalue weighted by molar-refractivity contribution is 5.75. The van der Waals surface area contributed by atoms with E-state index >= 15 is 0 Å². The lowest BCUT2D eigenvalue weighted by Gasteiger charge is -1.91. The first kappa shape index (κ1) is 6.08. The van der Waals surface area contributed by atoms with Gasteiger partial charge in [0.1, 0.15) is 0 Å². The maximum absolute atomic E-state index is 10.2. The summed E-state index contributed by atoms with van der Waals surface area (Å²) in [7, 11) is 1.83. The van der Waals surface area contributed by atoms with E-state index in [0.29, 0.717) is 5.69 Å². The summed E-state index contributed by atoms with van der Waals surface area (Å²) in [4.78, 5) is 10.2. The van der Waals surface area contributed by atoms with Gasteiger partial charge in [-0.1, -0.05) is 0 Å². The van der Waals surface area contributed by atoms with Crippen LogP contribution in [-0.4, -0.2) is 10.9 Å². The first-order valence-electron chi connectivity index (χ1n) is 2.76. The molecule has 0 aromatic carbocycles. The third-order valence-corrected chi connectivity index (χ3v) is 1.37. The van der Waals surface area contributed by atoms with E-state index in [1.807, 2.05) is 32.5 Å². The molecular weight excluding hydrogens is 114 g/mol. The van der Waals surface area contributed by atoms with Gasteiger partial charge in [0, 0.05) is 13.2 Å². The van der Waals surface area contributed by atoms with Crippen molar-refractivity contribution in [2.24, 2.45) is 7.05 Å². The molecule has 0 spiro atoms. The summed E-state index contributed by atoms with van der Waals surface area (Å²) in [6.07, 6.45) is 3.70. The van der Waals surface area contributed by atoms with Gasteiger partial charge in [-0.3, -0.25) is 4.79 Å². The summed E-state index contributed by atoms with van der Waals surface area (Å²) in [6, 6.07) is 1.89. The molecule has 0 atom stereocenters. The maximum atomic E-state index is 10.2. The van der Waals surface area contributed by atoms with Gasteiger partial charge in [-0.2, -0.15) is 0 Å². The first-order valence-corrected chi connectivity index (χ1v) is 2.76. The molecule has 0 amide bonds. The second-order valence-electron chi connectivity index (χ2n) is 2.06. The molecule has 1 aromatic rings. The number of carbonyl (C=O) groups excluding carboxylic acids is 1. The van der Waals surface area contributed by atoms with Gasteiger partial charge in [-0.05, 0) is 18.6 Å². The number of rotatable bonds is 1. The highest BCUT2D eigenvalue weighted by atomic mass is 16.1. The Labute approximate surface area is 54.1 Å². The number of aryl methyl sites for hydroxylation is 2. The molecule has 1 rings (SSSR count). The van der Waals surface area contributed by atoms with E-state index in [1.54, 1.807) is 4.57 Å². The van der Waals surface area contributed by atoms with Crippen molar-refractivity contribution in [2.75, 3.05) is 0 Å². The zero-order valence-electron chi connectivity index (χ0n) is 5.51. The molecule has 0 fully saturated rings. The molecule has 1 aromatic heterocycles. The van der Waals surface area contributed by atoms with Gasteiger partial charge < -0.3 is 4.57 Å². The van der Waals surface area contributed by atoms with Crippen molar-refractivity contribution in [3.8, 4) is 0 Å². The molecular formula is C7H8NO. The molecule has 0 aliphatic carbocycles. The van der Waals surface area contributed by atoms with Gasteiger partial charge in [-0.15, -0.1) is 0 Å². The Balaban J connectivity index is 3.22. The van der Waals surface area contributed by atoms with Crippen LogP contribution >= 0.6 is 0 Å². The SMILES string of the molecule is Cc1ccn(C)c1[C]=O. The lowest BCUT2D eigenvalue weighted by Crippen LogP contribution is -1.93. The predicted octanol–water partition coefficient (Wildman–Crippen LogP) is 0.791. The van der Waals surface area contributed by atoms with E-state index in [-0.39, 0.29) is 0 Å². The van der Waals surface area contributed by atoms with Crippen LogP contribution in [0.4, 0.5) is 0 Å². The topological polar surface area (TPSA) is 22.0 Å². The van der Waals surface area contributed by atoms with Crippen LogP contribution in [0.1, 0.15) is 11.3 Å². The van der Waals surface area contributed by atoms with Crippen molar-refractivity contribution in [1.29, 1.82) is 0 Å². The van der Waals surface area contributed by atoms with E-state index in [0.717, 1.165) is 5.56 Å². The molecule has 0 bridgehead atoms. The highest BCUT2D eigenvalue weighted by Gasteiger charge is 1.99. The Hall–Kier alpha value is -1.05. The molecule has 2 heteroatoms. The Bertz CT molecular complexity index is 205. The smallest absolute Gasteiger partial charge is 0.251 e. The van der Waals surface area contributed by atoms with Crippen LogP contribution in [0, 0.1) is 6.92 Å². The average molecular weight is 122 g/mol. The van der Waals surface area contributed by atoms with Gasteiger partial charge in [0.15, 0.2) is 0 Å². The summed E-state index contributed by atoms with van der Waals surface area (Å²) < 4.78 is 1.75. The van der Waals surface area contributed by atoms with E-state index < -0.39 is 0 Å². The van der Waals surface area contributed by atoms with E-state index in [1.165, 1.54) is 0 Å². The second kappa shape index (κ2) is 2.05. The number of hydrogen-bond acceptors (Lipinski definition) is 1. The third-order valence-electron chi connectivity index (χ3n) is 1.37. The standard InChI is InChI=1S/C7H8NO/c1-6-3-4-8(2)7(6)5-9/h3-4H,1-2H3. The minimum atomic E-state index is 0.634. The van der Waals surface area contributed by atoms with Crippen molar-refractivity contribution >= 4 is 6.29 Å². The molecule has 1 radical (unpaired) electrons. The maximum Gasteiger partial charge on any atom is 0.251 e. The van der Waals surface area contributed by atoms with Gasteiger partial charge in [0.2, 0.25) is 0 Å². The molecule has 9 heavy (non-hydrogen) atoms. The quantitative estimate of drug-likeness (QED) is 0.539. The van der Waals surface area contributed by atoms with Gasteiger partial charge >= 0.3 is 0 Å². The molecule has 0 unspecified atom stereocenters. The van der Waals surface area contributed by atoms with Crippen LogP contribution in [0.25, 0.3) is 0 Å². The van der Waals surface area contributed by atoms with Gasteiger partial charge in [0.05, 0.1) is 5.69 Å². The molecule has 0 aliphatic rings. The zero-order chi connectivity index (χ0) is 6.85.